The SMILES string of the molecule is CN=C(NCc1ccnc(OCc2ccccc2)c1)N1CCC2(CCOC2)C1. The summed E-state index contributed by atoms with van der Waals surface area (Å²) in [7, 11) is 1.85. The van der Waals surface area contributed by atoms with Gasteiger partial charge >= 0.3 is 0 Å². The molecule has 2 aliphatic heterocycles. The smallest absolute Gasteiger partial charge is 0.213 e. The van der Waals surface area contributed by atoms with E-state index in [0.29, 0.717) is 24.4 Å². The third-order valence-electron chi connectivity index (χ3n) is 5.61. The largest absolute Gasteiger partial charge is 0.473 e. The van der Waals surface area contributed by atoms with Gasteiger partial charge in [0.2, 0.25) is 5.88 Å². The number of rotatable bonds is 5. The fourth-order valence-corrected chi connectivity index (χ4v) is 3.97. The van der Waals surface area contributed by atoms with E-state index in [1.165, 1.54) is 6.42 Å². The van der Waals surface area contributed by atoms with E-state index in [9.17, 15) is 0 Å². The van der Waals surface area contributed by atoms with Crippen LogP contribution in [-0.4, -0.2) is 49.2 Å². The minimum absolute atomic E-state index is 0.326. The summed E-state index contributed by atoms with van der Waals surface area (Å²) in [6.45, 7) is 5.04. The summed E-state index contributed by atoms with van der Waals surface area (Å²) in [5, 5.41) is 3.49. The van der Waals surface area contributed by atoms with E-state index < -0.39 is 0 Å². The molecule has 0 aliphatic carbocycles. The van der Waals surface area contributed by atoms with Gasteiger partial charge in [-0.25, -0.2) is 4.98 Å². The third-order valence-corrected chi connectivity index (χ3v) is 5.61. The van der Waals surface area contributed by atoms with Crippen LogP contribution < -0.4 is 10.1 Å². The predicted molar refractivity (Wildman–Crippen MR) is 109 cm³/mol. The first kappa shape index (κ1) is 18.7. The second-order valence-electron chi connectivity index (χ2n) is 7.65. The Morgan fingerprint density at radius 2 is 2.14 bits per heavy atom. The van der Waals surface area contributed by atoms with Gasteiger partial charge in [0.25, 0.3) is 0 Å². The van der Waals surface area contributed by atoms with Crippen LogP contribution in [0.3, 0.4) is 0 Å². The van der Waals surface area contributed by atoms with Gasteiger partial charge in [0.15, 0.2) is 5.96 Å². The van der Waals surface area contributed by atoms with Gasteiger partial charge < -0.3 is 19.7 Å². The molecular weight excluding hydrogens is 352 g/mol. The van der Waals surface area contributed by atoms with Crippen LogP contribution in [0.1, 0.15) is 24.0 Å². The summed E-state index contributed by atoms with van der Waals surface area (Å²) in [4.78, 5) is 11.2. The van der Waals surface area contributed by atoms with Crippen LogP contribution in [0.2, 0.25) is 0 Å². The number of nitrogens with one attached hydrogen (secondary N) is 1. The molecule has 0 saturated carbocycles. The van der Waals surface area contributed by atoms with E-state index >= 15 is 0 Å². The molecule has 2 fully saturated rings. The highest BCUT2D eigenvalue weighted by Gasteiger charge is 2.42. The Morgan fingerprint density at radius 1 is 1.25 bits per heavy atom. The standard InChI is InChI=1S/C22H28N4O2/c1-23-21(26-11-8-22(16-26)9-12-27-17-22)25-14-19-7-10-24-20(13-19)28-15-18-5-3-2-4-6-18/h2-7,10,13H,8-9,11-12,14-17H2,1H3,(H,23,25). The Hall–Kier alpha value is -2.60. The lowest BCUT2D eigenvalue weighted by Gasteiger charge is -2.25. The first-order chi connectivity index (χ1) is 13.8. The molecule has 1 N–H and O–H groups in total. The van der Waals surface area contributed by atoms with Gasteiger partial charge in [0.1, 0.15) is 6.61 Å². The molecule has 2 aliphatic rings. The lowest BCUT2D eigenvalue weighted by atomic mass is 9.87. The van der Waals surface area contributed by atoms with Crippen molar-refractivity contribution >= 4 is 5.96 Å². The number of ether oxygens (including phenoxy) is 2. The lowest BCUT2D eigenvalue weighted by molar-refractivity contribution is 0.156. The Balaban J connectivity index is 1.31. The van der Waals surface area contributed by atoms with Gasteiger partial charge in [-0.15, -0.1) is 0 Å². The minimum atomic E-state index is 0.326. The molecule has 0 radical (unpaired) electrons. The van der Waals surface area contributed by atoms with Gasteiger partial charge in [0, 0.05) is 51.0 Å². The van der Waals surface area contributed by atoms with Crippen molar-refractivity contribution in [2.45, 2.75) is 26.0 Å². The van der Waals surface area contributed by atoms with Crippen LogP contribution in [-0.2, 0) is 17.9 Å². The molecule has 2 saturated heterocycles. The van der Waals surface area contributed by atoms with Crippen molar-refractivity contribution in [3.63, 3.8) is 0 Å². The van der Waals surface area contributed by atoms with Crippen LogP contribution in [0.25, 0.3) is 0 Å². The average molecular weight is 380 g/mol. The van der Waals surface area contributed by atoms with E-state index in [-0.39, 0.29) is 0 Å². The third kappa shape index (κ3) is 4.44. The summed E-state index contributed by atoms with van der Waals surface area (Å²) in [6.07, 6.45) is 4.13. The van der Waals surface area contributed by atoms with Crippen molar-refractivity contribution < 1.29 is 9.47 Å². The first-order valence-corrected chi connectivity index (χ1v) is 9.91. The molecule has 0 bridgehead atoms. The van der Waals surface area contributed by atoms with E-state index in [2.05, 4.69) is 20.2 Å². The van der Waals surface area contributed by atoms with Crippen molar-refractivity contribution in [1.82, 2.24) is 15.2 Å². The molecule has 1 unspecified atom stereocenters. The Bertz CT molecular complexity index is 803. The lowest BCUT2D eigenvalue weighted by Crippen LogP contribution is -2.41. The number of aromatic nitrogens is 1. The van der Waals surface area contributed by atoms with Crippen LogP contribution in [0.15, 0.2) is 53.7 Å². The van der Waals surface area contributed by atoms with Gasteiger partial charge in [0.05, 0.1) is 6.61 Å². The molecule has 6 heteroatoms. The fourth-order valence-electron chi connectivity index (χ4n) is 3.97. The molecule has 28 heavy (non-hydrogen) atoms. The highest BCUT2D eigenvalue weighted by atomic mass is 16.5. The zero-order valence-electron chi connectivity index (χ0n) is 16.4. The van der Waals surface area contributed by atoms with Gasteiger partial charge in [-0.3, -0.25) is 4.99 Å². The van der Waals surface area contributed by atoms with Crippen LogP contribution in [0.4, 0.5) is 0 Å². The maximum Gasteiger partial charge on any atom is 0.213 e. The van der Waals surface area contributed by atoms with Crippen molar-refractivity contribution in [3.8, 4) is 5.88 Å². The molecule has 1 spiro atoms. The Morgan fingerprint density at radius 3 is 2.93 bits per heavy atom. The molecule has 148 valence electrons. The number of likely N-dealkylation sites (tertiary alicyclic amines) is 1. The van der Waals surface area contributed by atoms with Gasteiger partial charge in [-0.1, -0.05) is 30.3 Å². The summed E-state index contributed by atoms with van der Waals surface area (Å²) in [6, 6.07) is 14.1. The second kappa shape index (κ2) is 8.61. The van der Waals surface area contributed by atoms with Crippen molar-refractivity contribution in [3.05, 3.63) is 59.8 Å². The zero-order valence-corrected chi connectivity index (χ0v) is 16.4. The van der Waals surface area contributed by atoms with Crippen LogP contribution >= 0.6 is 0 Å². The van der Waals surface area contributed by atoms with E-state index in [1.807, 2.05) is 49.5 Å². The van der Waals surface area contributed by atoms with E-state index in [1.54, 1.807) is 6.20 Å². The molecule has 6 nitrogen and oxygen atoms in total. The summed E-state index contributed by atoms with van der Waals surface area (Å²) >= 11 is 0. The molecule has 4 rings (SSSR count). The molecular formula is C22H28N4O2. The van der Waals surface area contributed by atoms with Crippen molar-refractivity contribution in [2.24, 2.45) is 10.4 Å². The topological polar surface area (TPSA) is 59.0 Å². The van der Waals surface area contributed by atoms with Crippen LogP contribution in [0.5, 0.6) is 5.88 Å². The van der Waals surface area contributed by atoms with Crippen molar-refractivity contribution in [1.29, 1.82) is 0 Å². The second-order valence-corrected chi connectivity index (χ2v) is 7.65. The normalized spacial score (nSPS) is 22.0. The number of pyridine rings is 1. The van der Waals surface area contributed by atoms with Gasteiger partial charge in [-0.05, 0) is 30.0 Å². The Labute approximate surface area is 166 Å². The molecule has 1 atom stereocenters. The Kier molecular flexibility index (Phi) is 5.76. The number of hydrogen-bond donors (Lipinski definition) is 1. The monoisotopic (exact) mass is 380 g/mol. The molecule has 1 aromatic heterocycles. The van der Waals surface area contributed by atoms with Crippen LogP contribution in [0, 0.1) is 5.41 Å². The highest BCUT2D eigenvalue weighted by Crippen LogP contribution is 2.38. The maximum atomic E-state index is 5.84. The van der Waals surface area contributed by atoms with Gasteiger partial charge in [-0.2, -0.15) is 0 Å². The summed E-state index contributed by atoms with van der Waals surface area (Å²) in [5.74, 6) is 1.59. The predicted octanol–water partition coefficient (Wildman–Crippen LogP) is 2.85. The quantitative estimate of drug-likeness (QED) is 0.638. The van der Waals surface area contributed by atoms with E-state index in [4.69, 9.17) is 9.47 Å². The molecule has 1 aromatic carbocycles. The fraction of sp³-hybridized carbons (Fsp3) is 0.455. The minimum Gasteiger partial charge on any atom is -0.473 e. The average Bonchev–Trinajstić information content (AvgIpc) is 3.38. The number of benzene rings is 1. The number of nitrogens with zero attached hydrogens (tertiary/aromatic N) is 3. The zero-order chi connectivity index (χ0) is 19.2. The maximum absolute atomic E-state index is 5.84. The van der Waals surface area contributed by atoms with Crippen molar-refractivity contribution in [2.75, 3.05) is 33.4 Å². The number of hydrogen-bond acceptors (Lipinski definition) is 4. The first-order valence-electron chi connectivity index (χ1n) is 9.91. The summed E-state index contributed by atoms with van der Waals surface area (Å²) < 4.78 is 11.5. The van der Waals surface area contributed by atoms with E-state index in [0.717, 1.165) is 49.8 Å². The molecule has 2 aromatic rings. The number of guanidine groups is 1. The molecule has 3 heterocycles. The molecule has 0 amide bonds. The number of aliphatic imine (C=N–C) groups is 1. The highest BCUT2D eigenvalue weighted by molar-refractivity contribution is 5.80. The summed E-state index contributed by atoms with van der Waals surface area (Å²) in [5.41, 5.74) is 2.58.